The molecular formula is C13H10BrClNY-. The van der Waals surface area contributed by atoms with Gasteiger partial charge in [-0.15, -0.1) is 22.0 Å². The van der Waals surface area contributed by atoms with Crippen molar-refractivity contribution in [3.8, 4) is 0 Å². The first-order valence-electron chi connectivity index (χ1n) is 4.78. The van der Waals surface area contributed by atoms with Gasteiger partial charge in [-0.25, -0.2) is 0 Å². The summed E-state index contributed by atoms with van der Waals surface area (Å²) in [6.45, 7) is 3.99. The van der Waals surface area contributed by atoms with E-state index in [-0.39, 0.29) is 32.7 Å². The largest absolute Gasteiger partial charge is 0.377 e. The molecule has 0 unspecified atom stereocenters. The average Bonchev–Trinajstić information content (AvgIpc) is 2.28. The second-order valence-electron chi connectivity index (χ2n) is 3.47. The number of hydrogen-bond donors (Lipinski definition) is 0. The molecule has 0 amide bonds. The van der Waals surface area contributed by atoms with E-state index in [0.717, 1.165) is 26.5 Å². The van der Waals surface area contributed by atoms with Crippen LogP contribution in [0.2, 0.25) is 5.02 Å². The van der Waals surface area contributed by atoms with Crippen LogP contribution in [0.25, 0.3) is 5.70 Å². The molecule has 0 aromatic heterocycles. The normalized spacial score (nSPS) is 15.0. The fourth-order valence-corrected chi connectivity index (χ4v) is 2.12. The van der Waals surface area contributed by atoms with Crippen LogP contribution in [-0.4, -0.2) is 11.9 Å². The Hall–Kier alpha value is 0.114. The molecule has 1 aromatic rings. The van der Waals surface area contributed by atoms with Crippen LogP contribution in [0, 0.1) is 6.08 Å². The van der Waals surface area contributed by atoms with Crippen molar-refractivity contribution in [1.82, 2.24) is 4.90 Å². The Morgan fingerprint density at radius 1 is 1.35 bits per heavy atom. The fraction of sp³-hybridized carbons (Fsp3) is 0.0769. The minimum Gasteiger partial charge on any atom is -0.377 e. The van der Waals surface area contributed by atoms with Gasteiger partial charge in [-0.3, -0.25) is 0 Å². The van der Waals surface area contributed by atoms with Gasteiger partial charge in [-0.2, -0.15) is 12.2 Å². The van der Waals surface area contributed by atoms with E-state index in [1.54, 1.807) is 0 Å². The van der Waals surface area contributed by atoms with Gasteiger partial charge >= 0.3 is 0 Å². The van der Waals surface area contributed by atoms with Crippen molar-refractivity contribution < 1.29 is 32.7 Å². The number of allylic oxidation sites excluding steroid dienone is 3. The monoisotopic (exact) mass is 383 g/mol. The van der Waals surface area contributed by atoms with Gasteiger partial charge in [0, 0.05) is 39.8 Å². The maximum absolute atomic E-state index is 6.16. The number of likely N-dealkylation sites (N-methyl/N-ethyl adjacent to an activating group) is 1. The molecule has 2 rings (SSSR count). The maximum atomic E-state index is 6.16. The molecule has 0 spiro atoms. The summed E-state index contributed by atoms with van der Waals surface area (Å²) in [4.78, 5) is 1.96. The van der Waals surface area contributed by atoms with Gasteiger partial charge in [0.25, 0.3) is 0 Å². The Morgan fingerprint density at radius 2 is 2.00 bits per heavy atom. The third-order valence-corrected chi connectivity index (χ3v) is 3.50. The van der Waals surface area contributed by atoms with Gasteiger partial charge in [0.2, 0.25) is 0 Å². The summed E-state index contributed by atoms with van der Waals surface area (Å²) in [6, 6.07) is 7.71. The minimum absolute atomic E-state index is 0. The Kier molecular flexibility index (Phi) is 5.65. The third-order valence-electron chi connectivity index (χ3n) is 2.48. The van der Waals surface area contributed by atoms with E-state index >= 15 is 0 Å². The van der Waals surface area contributed by atoms with Crippen molar-refractivity contribution in [1.29, 1.82) is 0 Å². The van der Waals surface area contributed by atoms with E-state index in [4.69, 9.17) is 11.6 Å². The molecular weight excluding hydrogens is 374 g/mol. The molecule has 17 heavy (non-hydrogen) atoms. The van der Waals surface area contributed by atoms with E-state index < -0.39 is 0 Å². The number of nitrogens with zero attached hydrogens (tertiary/aromatic N) is 1. The Balaban J connectivity index is 0.00000144. The van der Waals surface area contributed by atoms with Crippen LogP contribution in [-0.2, 0) is 32.7 Å². The first kappa shape index (κ1) is 15.2. The van der Waals surface area contributed by atoms with E-state index in [1.165, 1.54) is 0 Å². The minimum atomic E-state index is 0. The van der Waals surface area contributed by atoms with Crippen LogP contribution in [0.4, 0.5) is 0 Å². The van der Waals surface area contributed by atoms with Crippen LogP contribution in [0.1, 0.15) is 5.56 Å². The van der Waals surface area contributed by atoms with E-state index in [9.17, 15) is 0 Å². The smallest absolute Gasteiger partial charge is 0.00849 e. The predicted molar refractivity (Wildman–Crippen MR) is 72.0 cm³/mol. The molecule has 0 bridgehead atoms. The van der Waals surface area contributed by atoms with Gasteiger partial charge < -0.3 is 4.90 Å². The molecule has 1 aromatic carbocycles. The zero-order valence-electron chi connectivity index (χ0n) is 9.37. The van der Waals surface area contributed by atoms with Crippen LogP contribution in [0.3, 0.4) is 0 Å². The summed E-state index contributed by atoms with van der Waals surface area (Å²) in [5, 5.41) is 0.719. The van der Waals surface area contributed by atoms with E-state index in [0.29, 0.717) is 0 Å². The fourth-order valence-electron chi connectivity index (χ4n) is 1.52. The molecule has 0 saturated carbocycles. The standard InChI is InChI=1S/C13H10BrClN.Y/c1-9-11(14)7-8-13(16(9)2)10-5-3-4-6-12(10)15;/h3-7H,1H2,2H3;/q-1;. The molecule has 0 N–H and O–H groups in total. The van der Waals surface area contributed by atoms with Gasteiger partial charge in [0.05, 0.1) is 0 Å². The summed E-state index contributed by atoms with van der Waals surface area (Å²) in [7, 11) is 1.95. The summed E-state index contributed by atoms with van der Waals surface area (Å²) in [6.07, 6.45) is 5.06. The number of halogens is 2. The number of rotatable bonds is 1. The van der Waals surface area contributed by atoms with Crippen molar-refractivity contribution in [3.05, 3.63) is 63.8 Å². The second kappa shape index (κ2) is 6.33. The molecule has 0 aliphatic carbocycles. The maximum Gasteiger partial charge on any atom is 0.00849 e. The predicted octanol–water partition coefficient (Wildman–Crippen LogP) is 4.22. The van der Waals surface area contributed by atoms with Gasteiger partial charge in [-0.05, 0) is 10.7 Å². The molecule has 0 atom stereocenters. The summed E-state index contributed by atoms with van der Waals surface area (Å²) < 4.78 is 0.936. The average molecular weight is 384 g/mol. The first-order chi connectivity index (χ1) is 7.61. The van der Waals surface area contributed by atoms with Gasteiger partial charge in [0.15, 0.2) is 0 Å². The van der Waals surface area contributed by atoms with Crippen LogP contribution in [0.15, 0.2) is 47.1 Å². The zero-order valence-corrected chi connectivity index (χ0v) is 14.6. The third kappa shape index (κ3) is 3.11. The van der Waals surface area contributed by atoms with Crippen LogP contribution in [0.5, 0.6) is 0 Å². The van der Waals surface area contributed by atoms with E-state index in [1.807, 2.05) is 42.3 Å². The quantitative estimate of drug-likeness (QED) is 0.656. The second-order valence-corrected chi connectivity index (χ2v) is 4.73. The summed E-state index contributed by atoms with van der Waals surface area (Å²) >= 11 is 9.58. The van der Waals surface area contributed by atoms with Gasteiger partial charge in [0.1, 0.15) is 0 Å². The summed E-state index contributed by atoms with van der Waals surface area (Å²) in [5.41, 5.74) is 2.79. The molecule has 85 valence electrons. The van der Waals surface area contributed by atoms with Crippen molar-refractivity contribution in [2.45, 2.75) is 0 Å². The Bertz CT molecular complexity index is 508. The molecule has 0 saturated heterocycles. The van der Waals surface area contributed by atoms with Gasteiger partial charge in [-0.1, -0.05) is 52.1 Å². The molecule has 1 nitrogen and oxygen atoms in total. The SMILES string of the molecule is C=C1C(Br)=C[C-]=C(c2ccccc2Cl)N1C.[Y]. The molecule has 1 radical (unpaired) electrons. The van der Waals surface area contributed by atoms with Crippen LogP contribution >= 0.6 is 27.5 Å². The topological polar surface area (TPSA) is 3.24 Å². The first-order valence-corrected chi connectivity index (χ1v) is 5.95. The summed E-state index contributed by atoms with van der Waals surface area (Å²) in [5.74, 6) is 0. The molecule has 1 aliphatic heterocycles. The van der Waals surface area contributed by atoms with Crippen molar-refractivity contribution in [2.24, 2.45) is 0 Å². The Labute approximate surface area is 140 Å². The Morgan fingerprint density at radius 3 is 2.65 bits per heavy atom. The number of benzene rings is 1. The number of hydrogen-bond acceptors (Lipinski definition) is 1. The van der Waals surface area contributed by atoms with Crippen molar-refractivity contribution >= 4 is 33.2 Å². The molecule has 1 heterocycles. The molecule has 0 fully saturated rings. The van der Waals surface area contributed by atoms with Crippen molar-refractivity contribution in [3.63, 3.8) is 0 Å². The molecule has 1 aliphatic rings. The van der Waals surface area contributed by atoms with E-state index in [2.05, 4.69) is 28.6 Å². The molecule has 4 heteroatoms. The van der Waals surface area contributed by atoms with Crippen molar-refractivity contribution in [2.75, 3.05) is 7.05 Å². The van der Waals surface area contributed by atoms with Crippen LogP contribution < -0.4 is 0 Å². The zero-order chi connectivity index (χ0) is 11.7.